The number of hydrogen-bond acceptors (Lipinski definition) is 5. The molecule has 0 aliphatic heterocycles. The molecule has 3 aromatic heterocycles. The van der Waals surface area contributed by atoms with E-state index in [0.717, 1.165) is 27.2 Å². The largest absolute Gasteiger partial charge is 0.316 e. The van der Waals surface area contributed by atoms with Crippen LogP contribution in [0.5, 0.6) is 0 Å². The Morgan fingerprint density at radius 3 is 2.85 bits per heavy atom. The van der Waals surface area contributed by atoms with E-state index >= 15 is 0 Å². The number of imidazole rings is 1. The number of hydrogen-bond donors (Lipinski definition) is 0. The SMILES string of the molecule is Cc1csc2nc(CSc3ncc(-c4ccccc4)n3C3CC3)cc(=O)n12. The van der Waals surface area contributed by atoms with Gasteiger partial charge in [-0.15, -0.1) is 11.3 Å². The van der Waals surface area contributed by atoms with Crippen LogP contribution in [-0.4, -0.2) is 18.9 Å². The highest BCUT2D eigenvalue weighted by Gasteiger charge is 2.29. The summed E-state index contributed by atoms with van der Waals surface area (Å²) in [7, 11) is 0. The molecule has 1 aromatic carbocycles. The Hall–Kier alpha value is -2.38. The summed E-state index contributed by atoms with van der Waals surface area (Å²) in [6.07, 6.45) is 4.36. The van der Waals surface area contributed by atoms with Gasteiger partial charge < -0.3 is 4.57 Å². The van der Waals surface area contributed by atoms with Crippen molar-refractivity contribution in [3.8, 4) is 11.3 Å². The Morgan fingerprint density at radius 1 is 1.26 bits per heavy atom. The zero-order valence-electron chi connectivity index (χ0n) is 14.8. The summed E-state index contributed by atoms with van der Waals surface area (Å²) in [5.74, 6) is 0.640. The van der Waals surface area contributed by atoms with E-state index in [1.165, 1.54) is 29.7 Å². The van der Waals surface area contributed by atoms with Crippen molar-refractivity contribution < 1.29 is 0 Å². The summed E-state index contributed by atoms with van der Waals surface area (Å²) in [5.41, 5.74) is 4.08. The minimum Gasteiger partial charge on any atom is -0.316 e. The fourth-order valence-electron chi connectivity index (χ4n) is 3.27. The normalized spacial score (nSPS) is 14.1. The monoisotopic (exact) mass is 394 g/mol. The highest BCUT2D eigenvalue weighted by atomic mass is 32.2. The molecule has 0 N–H and O–H groups in total. The summed E-state index contributed by atoms with van der Waals surface area (Å²) in [6.45, 7) is 1.93. The highest BCUT2D eigenvalue weighted by Crippen LogP contribution is 2.42. The average Bonchev–Trinajstić information content (AvgIpc) is 3.32. The zero-order valence-corrected chi connectivity index (χ0v) is 16.5. The first-order valence-electron chi connectivity index (χ1n) is 8.93. The first-order chi connectivity index (χ1) is 13.2. The van der Waals surface area contributed by atoms with Gasteiger partial charge in [0.25, 0.3) is 5.56 Å². The summed E-state index contributed by atoms with van der Waals surface area (Å²) in [5, 5.41) is 2.97. The van der Waals surface area contributed by atoms with E-state index in [2.05, 4.69) is 38.8 Å². The van der Waals surface area contributed by atoms with Crippen LogP contribution in [0.25, 0.3) is 16.2 Å². The van der Waals surface area contributed by atoms with Gasteiger partial charge in [0.15, 0.2) is 10.1 Å². The van der Waals surface area contributed by atoms with Crippen LogP contribution >= 0.6 is 23.1 Å². The van der Waals surface area contributed by atoms with E-state index in [9.17, 15) is 4.79 Å². The average molecular weight is 395 g/mol. The first kappa shape index (κ1) is 16.8. The second kappa shape index (κ2) is 6.65. The smallest absolute Gasteiger partial charge is 0.258 e. The van der Waals surface area contributed by atoms with Gasteiger partial charge in [-0.1, -0.05) is 42.1 Å². The standard InChI is InChI=1S/C20H18N4OS2/c1-13-11-26-20-22-15(9-18(25)23(13)20)12-27-19-21-10-17(24(19)16-7-8-16)14-5-3-2-4-6-14/h2-6,9-11,16H,7-8,12H2,1H3. The van der Waals surface area contributed by atoms with Crippen LogP contribution in [0, 0.1) is 6.92 Å². The number of aryl methyl sites for hydroxylation is 1. The summed E-state index contributed by atoms with van der Waals surface area (Å²) in [4.78, 5) is 22.4. The number of nitrogens with zero attached hydrogens (tertiary/aromatic N) is 4. The van der Waals surface area contributed by atoms with Gasteiger partial charge in [-0.05, 0) is 25.3 Å². The van der Waals surface area contributed by atoms with Crippen LogP contribution in [0.15, 0.2) is 57.9 Å². The van der Waals surface area contributed by atoms with Gasteiger partial charge in [0, 0.05) is 28.9 Å². The van der Waals surface area contributed by atoms with Crippen molar-refractivity contribution in [1.29, 1.82) is 0 Å². The van der Waals surface area contributed by atoms with E-state index < -0.39 is 0 Å². The molecule has 136 valence electrons. The van der Waals surface area contributed by atoms with Crippen LogP contribution in [-0.2, 0) is 5.75 Å². The molecule has 5 nitrogen and oxygen atoms in total. The van der Waals surface area contributed by atoms with Gasteiger partial charge in [0.05, 0.1) is 17.6 Å². The van der Waals surface area contributed by atoms with E-state index in [-0.39, 0.29) is 5.56 Å². The molecule has 27 heavy (non-hydrogen) atoms. The minimum absolute atomic E-state index is 0.00939. The van der Waals surface area contributed by atoms with Crippen LogP contribution in [0.2, 0.25) is 0 Å². The van der Waals surface area contributed by atoms with Gasteiger partial charge in [-0.3, -0.25) is 9.20 Å². The zero-order chi connectivity index (χ0) is 18.4. The summed E-state index contributed by atoms with van der Waals surface area (Å²) in [6, 6.07) is 12.6. The van der Waals surface area contributed by atoms with Gasteiger partial charge >= 0.3 is 0 Å². The Balaban J connectivity index is 1.45. The lowest BCUT2D eigenvalue weighted by atomic mass is 10.2. The number of benzene rings is 1. The van der Waals surface area contributed by atoms with Gasteiger partial charge in [0.2, 0.25) is 0 Å². The molecule has 4 aromatic rings. The predicted molar refractivity (Wildman–Crippen MR) is 110 cm³/mol. The summed E-state index contributed by atoms with van der Waals surface area (Å²) >= 11 is 3.16. The Kier molecular flexibility index (Phi) is 4.13. The number of thiazole rings is 1. The maximum Gasteiger partial charge on any atom is 0.258 e. The van der Waals surface area contributed by atoms with Crippen molar-refractivity contribution >= 4 is 28.1 Å². The lowest BCUT2D eigenvalue weighted by Gasteiger charge is -2.10. The molecule has 1 saturated carbocycles. The van der Waals surface area contributed by atoms with Crippen LogP contribution < -0.4 is 5.56 Å². The fraction of sp³-hybridized carbons (Fsp3) is 0.250. The molecule has 0 radical (unpaired) electrons. The third-order valence-corrected chi connectivity index (χ3v) is 6.67. The Morgan fingerprint density at radius 2 is 2.07 bits per heavy atom. The Labute approximate surface area is 164 Å². The summed E-state index contributed by atoms with van der Waals surface area (Å²) < 4.78 is 4.01. The molecule has 7 heteroatoms. The van der Waals surface area contributed by atoms with Crippen LogP contribution in [0.1, 0.15) is 30.3 Å². The van der Waals surface area contributed by atoms with Crippen molar-refractivity contribution in [3.05, 3.63) is 69.7 Å². The molecule has 0 spiro atoms. The number of thioether (sulfide) groups is 1. The third kappa shape index (κ3) is 3.11. The van der Waals surface area contributed by atoms with Crippen molar-refractivity contribution in [1.82, 2.24) is 18.9 Å². The molecule has 5 rings (SSSR count). The Bertz CT molecular complexity index is 1170. The van der Waals surface area contributed by atoms with Crippen molar-refractivity contribution in [3.63, 3.8) is 0 Å². The van der Waals surface area contributed by atoms with Crippen LogP contribution in [0.4, 0.5) is 0 Å². The van der Waals surface area contributed by atoms with Crippen molar-refractivity contribution in [2.24, 2.45) is 0 Å². The first-order valence-corrected chi connectivity index (χ1v) is 10.8. The quantitative estimate of drug-likeness (QED) is 0.466. The molecule has 0 amide bonds. The topological polar surface area (TPSA) is 52.2 Å². The highest BCUT2D eigenvalue weighted by molar-refractivity contribution is 7.98. The number of rotatable bonds is 5. The lowest BCUT2D eigenvalue weighted by Crippen LogP contribution is -2.14. The second-order valence-corrected chi connectivity index (χ2v) is 8.54. The van der Waals surface area contributed by atoms with Gasteiger partial charge in [0.1, 0.15) is 0 Å². The molecular formula is C20H18N4OS2. The molecule has 1 fully saturated rings. The molecule has 0 bridgehead atoms. The maximum atomic E-state index is 12.4. The maximum absolute atomic E-state index is 12.4. The number of aromatic nitrogens is 4. The lowest BCUT2D eigenvalue weighted by molar-refractivity contribution is 0.669. The molecule has 0 atom stereocenters. The minimum atomic E-state index is -0.00939. The van der Waals surface area contributed by atoms with Crippen molar-refractivity contribution in [2.45, 2.75) is 36.7 Å². The van der Waals surface area contributed by atoms with E-state index in [1.807, 2.05) is 24.6 Å². The second-order valence-electron chi connectivity index (χ2n) is 6.76. The molecule has 0 unspecified atom stereocenters. The van der Waals surface area contributed by atoms with Crippen molar-refractivity contribution in [2.75, 3.05) is 0 Å². The molecular weight excluding hydrogens is 376 g/mol. The molecule has 1 aliphatic rings. The molecule has 3 heterocycles. The third-order valence-electron chi connectivity index (χ3n) is 4.72. The van der Waals surface area contributed by atoms with E-state index in [1.54, 1.807) is 22.2 Å². The van der Waals surface area contributed by atoms with E-state index in [4.69, 9.17) is 0 Å². The van der Waals surface area contributed by atoms with Crippen LogP contribution in [0.3, 0.4) is 0 Å². The fourth-order valence-corrected chi connectivity index (χ4v) is 5.10. The molecule has 1 aliphatic carbocycles. The predicted octanol–water partition coefficient (Wildman–Crippen LogP) is 4.56. The van der Waals surface area contributed by atoms with Gasteiger partial charge in [-0.25, -0.2) is 9.97 Å². The van der Waals surface area contributed by atoms with E-state index in [0.29, 0.717) is 11.8 Å². The number of fused-ring (bicyclic) bond motifs is 1. The van der Waals surface area contributed by atoms with Gasteiger partial charge in [-0.2, -0.15) is 0 Å². The molecule has 0 saturated heterocycles.